The number of amides is 3. The average molecular weight is 659 g/mol. The van der Waals surface area contributed by atoms with E-state index in [1.165, 1.54) is 5.56 Å². The highest BCUT2D eigenvalue weighted by molar-refractivity contribution is 5.89. The van der Waals surface area contributed by atoms with E-state index in [9.17, 15) is 19.2 Å². The number of hydrogen-bond acceptors (Lipinski definition) is 10. The molecular formula is C32H50N8O7. The van der Waals surface area contributed by atoms with Crippen LogP contribution in [0, 0.1) is 5.41 Å². The van der Waals surface area contributed by atoms with Crippen molar-refractivity contribution >= 4 is 29.7 Å². The SMILES string of the molecule is CCC(=O)C1Oc2c(ON(C)CCNC(=O)[C@H](CCCNC(=N)N)NC(=O)CNC(=O)OC(C)(C)C)ccc3c2[C@]12C[C@@H](C3)N(C)C2. The third-order valence-electron chi connectivity index (χ3n) is 8.70. The van der Waals surface area contributed by atoms with Crippen LogP contribution in [0.5, 0.6) is 11.5 Å². The third-order valence-corrected chi connectivity index (χ3v) is 8.70. The molecule has 3 aliphatic rings. The van der Waals surface area contributed by atoms with E-state index < -0.39 is 35.7 Å². The highest BCUT2D eigenvalue weighted by atomic mass is 16.7. The Labute approximate surface area is 276 Å². The van der Waals surface area contributed by atoms with Gasteiger partial charge in [-0.15, -0.1) is 5.06 Å². The highest BCUT2D eigenvalue weighted by Gasteiger charge is 2.61. The number of carbonyl (C=O) groups is 4. The van der Waals surface area contributed by atoms with Crippen molar-refractivity contribution in [3.8, 4) is 11.5 Å². The maximum atomic E-state index is 13.1. The first kappa shape index (κ1) is 35.7. The van der Waals surface area contributed by atoms with Crippen LogP contribution in [0.1, 0.15) is 64.5 Å². The van der Waals surface area contributed by atoms with Crippen LogP contribution in [-0.4, -0.2) is 110 Å². The van der Waals surface area contributed by atoms with Crippen molar-refractivity contribution in [1.82, 2.24) is 31.2 Å². The maximum Gasteiger partial charge on any atom is 0.408 e. The van der Waals surface area contributed by atoms with Gasteiger partial charge in [-0.05, 0) is 65.1 Å². The molecule has 1 aromatic rings. The molecule has 1 fully saturated rings. The van der Waals surface area contributed by atoms with Gasteiger partial charge in [0.2, 0.25) is 11.8 Å². The minimum atomic E-state index is -0.893. The molecule has 4 atom stereocenters. The summed E-state index contributed by atoms with van der Waals surface area (Å²) in [6, 6.07) is 3.43. The molecule has 47 heavy (non-hydrogen) atoms. The summed E-state index contributed by atoms with van der Waals surface area (Å²) in [4.78, 5) is 59.2. The fourth-order valence-corrected chi connectivity index (χ4v) is 6.68. The van der Waals surface area contributed by atoms with Gasteiger partial charge in [-0.3, -0.25) is 19.8 Å². The number of ether oxygens (including phenoxy) is 2. The van der Waals surface area contributed by atoms with Crippen LogP contribution in [-0.2, 0) is 31.0 Å². The lowest BCUT2D eigenvalue weighted by Crippen LogP contribution is -2.51. The number of nitrogens with one attached hydrogen (secondary N) is 5. The molecule has 0 aromatic heterocycles. The van der Waals surface area contributed by atoms with Crippen molar-refractivity contribution in [2.24, 2.45) is 5.73 Å². The number of ketones is 1. The summed E-state index contributed by atoms with van der Waals surface area (Å²) in [5, 5.41) is 19.5. The summed E-state index contributed by atoms with van der Waals surface area (Å²) in [5.41, 5.74) is 6.53. The fourth-order valence-electron chi connectivity index (χ4n) is 6.68. The molecule has 15 nitrogen and oxygen atoms in total. The molecule has 1 unspecified atom stereocenters. The van der Waals surface area contributed by atoms with Crippen molar-refractivity contribution in [1.29, 1.82) is 5.41 Å². The molecule has 1 aromatic carbocycles. The van der Waals surface area contributed by atoms with Crippen LogP contribution in [0.25, 0.3) is 0 Å². The Bertz CT molecular complexity index is 1360. The first-order valence-corrected chi connectivity index (χ1v) is 16.2. The molecule has 1 saturated heterocycles. The number of guanidine groups is 1. The predicted molar refractivity (Wildman–Crippen MR) is 174 cm³/mol. The lowest BCUT2D eigenvalue weighted by Gasteiger charge is -2.32. The highest BCUT2D eigenvalue weighted by Crippen LogP contribution is 2.58. The number of likely N-dealkylation sites (tertiary alicyclic amines) is 1. The Morgan fingerprint density at radius 2 is 1.94 bits per heavy atom. The topological polar surface area (TPSA) is 200 Å². The van der Waals surface area contributed by atoms with Crippen LogP contribution in [0.3, 0.4) is 0 Å². The van der Waals surface area contributed by atoms with Gasteiger partial charge in [0.15, 0.2) is 29.3 Å². The summed E-state index contributed by atoms with van der Waals surface area (Å²) in [6.45, 7) is 8.25. The first-order valence-electron chi connectivity index (χ1n) is 16.2. The second-order valence-corrected chi connectivity index (χ2v) is 13.6. The molecule has 260 valence electrons. The normalized spacial score (nSPS) is 21.7. The van der Waals surface area contributed by atoms with Crippen LogP contribution in [0.2, 0.25) is 0 Å². The number of Topliss-reactive ketones (excluding diaryl/α,β-unsaturated/α-hetero) is 1. The number of fused-ring (bicyclic) bond motifs is 1. The summed E-state index contributed by atoms with van der Waals surface area (Å²) >= 11 is 0. The smallest absolute Gasteiger partial charge is 0.408 e. The zero-order valence-electron chi connectivity index (χ0n) is 28.3. The van der Waals surface area contributed by atoms with Crippen molar-refractivity contribution in [3.63, 3.8) is 0 Å². The molecule has 0 radical (unpaired) electrons. The van der Waals surface area contributed by atoms with Gasteiger partial charge in [-0.2, -0.15) is 0 Å². The Morgan fingerprint density at radius 1 is 1.19 bits per heavy atom. The minimum absolute atomic E-state index is 0.0875. The van der Waals surface area contributed by atoms with Gasteiger partial charge in [0.05, 0.1) is 12.0 Å². The molecule has 1 aliphatic carbocycles. The van der Waals surface area contributed by atoms with E-state index in [2.05, 4.69) is 39.3 Å². The predicted octanol–water partition coefficient (Wildman–Crippen LogP) is 0.539. The Morgan fingerprint density at radius 3 is 2.62 bits per heavy atom. The van der Waals surface area contributed by atoms with E-state index in [1.54, 1.807) is 32.9 Å². The number of benzene rings is 1. The number of carbonyl (C=O) groups excluding carboxylic acids is 4. The Hall–Kier alpha value is -4.11. The largest absolute Gasteiger partial charge is 0.477 e. The molecule has 2 bridgehead atoms. The maximum absolute atomic E-state index is 13.1. The lowest BCUT2D eigenvalue weighted by atomic mass is 9.68. The number of rotatable bonds is 15. The molecule has 3 amide bonds. The number of nitrogens with zero attached hydrogens (tertiary/aromatic N) is 2. The van der Waals surface area contributed by atoms with Gasteiger partial charge < -0.3 is 46.2 Å². The Balaban J connectivity index is 1.34. The third kappa shape index (κ3) is 8.63. The van der Waals surface area contributed by atoms with Crippen LogP contribution in [0.15, 0.2) is 12.1 Å². The van der Waals surface area contributed by atoms with Gasteiger partial charge in [0, 0.05) is 44.7 Å². The van der Waals surface area contributed by atoms with E-state index in [0.717, 1.165) is 24.9 Å². The standard InChI is InChI=1S/C32H50N8O7/c1-7-22(41)27-32-16-20(39(5)18-32)15-19-10-11-23(26(45-27)25(19)32)47-40(6)14-13-35-28(43)21(9-8-12-36-29(33)34)38-24(42)17-37-30(44)46-31(2,3)4/h10-11,20-21,27H,7-9,12-18H2,1-6H3,(H,35,43)(H,37,44)(H,38,42)(H4,33,34,36)/t20-,21+,27?,32-/m1/s1. The monoisotopic (exact) mass is 658 g/mol. The summed E-state index contributed by atoms with van der Waals surface area (Å²) in [7, 11) is 3.85. The summed E-state index contributed by atoms with van der Waals surface area (Å²) < 4.78 is 11.6. The van der Waals surface area contributed by atoms with E-state index in [-0.39, 0.29) is 36.7 Å². The fraction of sp³-hybridized carbons (Fsp3) is 0.656. The van der Waals surface area contributed by atoms with E-state index in [4.69, 9.17) is 25.5 Å². The van der Waals surface area contributed by atoms with E-state index in [0.29, 0.717) is 43.5 Å². The molecule has 4 rings (SSSR count). The number of alkyl carbamates (subject to hydrolysis) is 1. The number of hydroxylamine groups is 2. The van der Waals surface area contributed by atoms with Gasteiger partial charge in [-0.25, -0.2) is 4.79 Å². The van der Waals surface area contributed by atoms with E-state index >= 15 is 0 Å². The van der Waals surface area contributed by atoms with Crippen molar-refractivity contribution in [3.05, 3.63) is 23.3 Å². The van der Waals surface area contributed by atoms with Crippen LogP contribution < -0.4 is 36.6 Å². The number of likely N-dealkylation sites (N-methyl/N-ethyl adjacent to an activating group) is 2. The second kappa shape index (κ2) is 14.8. The molecular weight excluding hydrogens is 608 g/mol. The molecule has 2 heterocycles. The van der Waals surface area contributed by atoms with Gasteiger partial charge in [0.1, 0.15) is 18.2 Å². The molecule has 15 heteroatoms. The van der Waals surface area contributed by atoms with Crippen LogP contribution in [0.4, 0.5) is 4.79 Å². The van der Waals surface area contributed by atoms with Crippen molar-refractivity contribution < 1.29 is 33.5 Å². The zero-order valence-corrected chi connectivity index (χ0v) is 28.3. The van der Waals surface area contributed by atoms with Crippen molar-refractivity contribution in [2.45, 2.75) is 89.0 Å². The van der Waals surface area contributed by atoms with E-state index in [1.807, 2.05) is 13.0 Å². The van der Waals surface area contributed by atoms with Crippen LogP contribution >= 0.6 is 0 Å². The van der Waals surface area contributed by atoms with Gasteiger partial charge in [-0.1, -0.05) is 13.0 Å². The lowest BCUT2D eigenvalue weighted by molar-refractivity contribution is -0.129. The minimum Gasteiger partial charge on any atom is -0.477 e. The quantitative estimate of drug-likeness (QED) is 0.0665. The molecule has 7 N–H and O–H groups in total. The molecule has 1 spiro atoms. The van der Waals surface area contributed by atoms with Crippen molar-refractivity contribution in [2.75, 3.05) is 46.8 Å². The first-order chi connectivity index (χ1) is 22.1. The summed E-state index contributed by atoms with van der Waals surface area (Å²) in [5.74, 6) is 0.0800. The molecule has 2 aliphatic heterocycles. The zero-order chi connectivity index (χ0) is 34.5. The van der Waals surface area contributed by atoms with Gasteiger partial charge in [0.25, 0.3) is 0 Å². The summed E-state index contributed by atoms with van der Waals surface area (Å²) in [6.07, 6.45) is 1.61. The Kier molecular flexibility index (Phi) is 11.2. The molecule has 0 saturated carbocycles. The average Bonchev–Trinajstić information content (AvgIpc) is 3.46. The van der Waals surface area contributed by atoms with Gasteiger partial charge >= 0.3 is 6.09 Å². The number of nitrogens with two attached hydrogens (primary N) is 1. The number of hydrogen-bond donors (Lipinski definition) is 6. The second-order valence-electron chi connectivity index (χ2n) is 13.6.